The Kier molecular flexibility index (Phi) is 9.59. The second-order valence-corrected chi connectivity index (χ2v) is 7.39. The lowest BCUT2D eigenvalue weighted by Crippen LogP contribution is -2.00. The summed E-state index contributed by atoms with van der Waals surface area (Å²) in [6.07, 6.45) is 6.97. The second-order valence-electron chi connectivity index (χ2n) is 5.80. The van der Waals surface area contributed by atoms with Crippen molar-refractivity contribution in [1.29, 1.82) is 0 Å². The number of halogens is 2. The van der Waals surface area contributed by atoms with Crippen LogP contribution in [0.1, 0.15) is 38.5 Å². The molecule has 0 radical (unpaired) electrons. The first-order valence-electron chi connectivity index (χ1n) is 8.76. The molecule has 0 saturated carbocycles. The Labute approximate surface area is 162 Å². The van der Waals surface area contributed by atoms with Gasteiger partial charge in [0.25, 0.3) is 0 Å². The van der Waals surface area contributed by atoms with Crippen molar-refractivity contribution in [1.82, 2.24) is 0 Å². The highest BCUT2D eigenvalue weighted by atomic mass is 79.9. The summed E-state index contributed by atoms with van der Waals surface area (Å²) in [4.78, 5) is 0. The van der Waals surface area contributed by atoms with Crippen molar-refractivity contribution < 1.29 is 9.47 Å². The van der Waals surface area contributed by atoms with Gasteiger partial charge in [0.05, 0.1) is 13.2 Å². The summed E-state index contributed by atoms with van der Waals surface area (Å²) in [5.41, 5.74) is 0. The minimum atomic E-state index is 0.768. The Bertz CT molecular complexity index is 549. The minimum Gasteiger partial charge on any atom is -0.493 e. The summed E-state index contributed by atoms with van der Waals surface area (Å²) < 4.78 is 12.0. The SMILES string of the molecule is BrCCCCCOc1ccc(OCCCCCBr)c2ccccc12. The molecule has 0 spiro atoms. The van der Waals surface area contributed by atoms with Crippen LogP contribution >= 0.6 is 31.9 Å². The zero-order valence-corrected chi connectivity index (χ0v) is 17.3. The van der Waals surface area contributed by atoms with E-state index >= 15 is 0 Å². The molecule has 24 heavy (non-hydrogen) atoms. The minimum absolute atomic E-state index is 0.768. The van der Waals surface area contributed by atoms with Gasteiger partial charge in [-0.05, 0) is 50.7 Å². The molecule has 2 nitrogen and oxygen atoms in total. The maximum absolute atomic E-state index is 6.00. The largest absolute Gasteiger partial charge is 0.493 e. The van der Waals surface area contributed by atoms with Crippen LogP contribution in [-0.4, -0.2) is 23.9 Å². The molecule has 2 aromatic rings. The van der Waals surface area contributed by atoms with E-state index in [1.54, 1.807) is 0 Å². The first-order chi connectivity index (χ1) is 11.9. The van der Waals surface area contributed by atoms with Gasteiger partial charge in [-0.2, -0.15) is 0 Å². The normalized spacial score (nSPS) is 10.9. The first-order valence-corrected chi connectivity index (χ1v) is 11.0. The fourth-order valence-electron chi connectivity index (χ4n) is 2.61. The highest BCUT2D eigenvalue weighted by Gasteiger charge is 2.07. The number of alkyl halides is 2. The molecule has 2 rings (SSSR count). The summed E-state index contributed by atoms with van der Waals surface area (Å²) >= 11 is 6.93. The zero-order chi connectivity index (χ0) is 17.0. The molecular formula is C20H26Br2O2. The van der Waals surface area contributed by atoms with Crippen molar-refractivity contribution in [2.45, 2.75) is 38.5 Å². The van der Waals surface area contributed by atoms with Gasteiger partial charge in [0, 0.05) is 21.4 Å². The van der Waals surface area contributed by atoms with Crippen LogP contribution in [0.5, 0.6) is 11.5 Å². The Hall–Kier alpha value is -0.740. The number of hydrogen-bond acceptors (Lipinski definition) is 2. The van der Waals surface area contributed by atoms with Gasteiger partial charge in [0.1, 0.15) is 11.5 Å². The van der Waals surface area contributed by atoms with Crippen LogP contribution in [0, 0.1) is 0 Å². The van der Waals surface area contributed by atoms with Crippen molar-refractivity contribution in [3.8, 4) is 11.5 Å². The van der Waals surface area contributed by atoms with Crippen LogP contribution in [-0.2, 0) is 0 Å². The van der Waals surface area contributed by atoms with Gasteiger partial charge in [0.15, 0.2) is 0 Å². The van der Waals surface area contributed by atoms with Gasteiger partial charge in [-0.25, -0.2) is 0 Å². The first kappa shape index (κ1) is 19.6. The maximum atomic E-state index is 6.00. The van der Waals surface area contributed by atoms with Gasteiger partial charge in [-0.3, -0.25) is 0 Å². The number of benzene rings is 2. The maximum Gasteiger partial charge on any atom is 0.127 e. The lowest BCUT2D eigenvalue weighted by atomic mass is 10.1. The molecule has 0 aromatic heterocycles. The number of ether oxygens (including phenoxy) is 2. The number of hydrogen-bond donors (Lipinski definition) is 0. The molecule has 0 aliphatic carbocycles. The van der Waals surface area contributed by atoms with Gasteiger partial charge in [-0.1, -0.05) is 56.1 Å². The summed E-state index contributed by atoms with van der Waals surface area (Å²) in [5.74, 6) is 1.91. The lowest BCUT2D eigenvalue weighted by Gasteiger charge is -2.13. The van der Waals surface area contributed by atoms with Crippen molar-refractivity contribution in [2.24, 2.45) is 0 Å². The van der Waals surface area contributed by atoms with Gasteiger partial charge in [-0.15, -0.1) is 0 Å². The summed E-state index contributed by atoms with van der Waals surface area (Å²) in [7, 11) is 0. The predicted molar refractivity (Wildman–Crippen MR) is 110 cm³/mol. The van der Waals surface area contributed by atoms with E-state index in [1.165, 1.54) is 25.7 Å². The topological polar surface area (TPSA) is 18.5 Å². The van der Waals surface area contributed by atoms with Crippen molar-refractivity contribution in [3.63, 3.8) is 0 Å². The van der Waals surface area contributed by atoms with Crippen molar-refractivity contribution in [2.75, 3.05) is 23.9 Å². The molecule has 0 unspecified atom stereocenters. The zero-order valence-electron chi connectivity index (χ0n) is 14.1. The summed E-state index contributed by atoms with van der Waals surface area (Å²) in [5, 5.41) is 4.40. The van der Waals surface area contributed by atoms with Crippen LogP contribution in [0.4, 0.5) is 0 Å². The average molecular weight is 458 g/mol. The Balaban J connectivity index is 1.97. The van der Waals surface area contributed by atoms with Gasteiger partial charge >= 0.3 is 0 Å². The molecular weight excluding hydrogens is 432 g/mol. The highest BCUT2D eigenvalue weighted by molar-refractivity contribution is 9.09. The van der Waals surface area contributed by atoms with Crippen molar-refractivity contribution >= 4 is 42.6 Å². The van der Waals surface area contributed by atoms with Crippen LogP contribution in [0.25, 0.3) is 10.8 Å². The van der Waals surface area contributed by atoms with E-state index in [1.807, 2.05) is 12.1 Å². The third-order valence-electron chi connectivity index (χ3n) is 3.92. The van der Waals surface area contributed by atoms with E-state index in [0.717, 1.165) is 59.0 Å². The predicted octanol–water partition coefficient (Wildman–Crippen LogP) is 6.73. The van der Waals surface area contributed by atoms with E-state index in [0.29, 0.717) is 0 Å². The van der Waals surface area contributed by atoms with Gasteiger partial charge in [0.2, 0.25) is 0 Å². The van der Waals surface area contributed by atoms with E-state index < -0.39 is 0 Å². The monoisotopic (exact) mass is 456 g/mol. The quantitative estimate of drug-likeness (QED) is 0.260. The van der Waals surface area contributed by atoms with Crippen LogP contribution < -0.4 is 9.47 Å². The summed E-state index contributed by atoms with van der Waals surface area (Å²) in [6, 6.07) is 12.4. The Morgan fingerprint density at radius 2 is 1.04 bits per heavy atom. The second kappa shape index (κ2) is 11.8. The van der Waals surface area contributed by atoms with Crippen LogP contribution in [0.15, 0.2) is 36.4 Å². The van der Waals surface area contributed by atoms with E-state index in [-0.39, 0.29) is 0 Å². The fourth-order valence-corrected chi connectivity index (χ4v) is 3.40. The van der Waals surface area contributed by atoms with Crippen LogP contribution in [0.2, 0.25) is 0 Å². The van der Waals surface area contributed by atoms with Gasteiger partial charge < -0.3 is 9.47 Å². The molecule has 0 atom stereocenters. The number of unbranched alkanes of at least 4 members (excludes halogenated alkanes) is 4. The van der Waals surface area contributed by atoms with E-state index in [9.17, 15) is 0 Å². The van der Waals surface area contributed by atoms with Crippen molar-refractivity contribution in [3.05, 3.63) is 36.4 Å². The molecule has 0 fully saturated rings. The molecule has 0 aliphatic rings. The smallest absolute Gasteiger partial charge is 0.127 e. The third-order valence-corrected chi connectivity index (χ3v) is 5.04. The third kappa shape index (κ3) is 6.29. The molecule has 2 aromatic carbocycles. The van der Waals surface area contributed by atoms with E-state index in [2.05, 4.69) is 56.1 Å². The molecule has 0 saturated heterocycles. The molecule has 0 bridgehead atoms. The fraction of sp³-hybridized carbons (Fsp3) is 0.500. The molecule has 4 heteroatoms. The Morgan fingerprint density at radius 3 is 1.46 bits per heavy atom. The van der Waals surface area contributed by atoms with E-state index in [4.69, 9.17) is 9.47 Å². The number of fused-ring (bicyclic) bond motifs is 1. The number of rotatable bonds is 12. The average Bonchev–Trinajstić information content (AvgIpc) is 2.62. The highest BCUT2D eigenvalue weighted by Crippen LogP contribution is 2.33. The molecule has 0 aliphatic heterocycles. The Morgan fingerprint density at radius 1 is 0.583 bits per heavy atom. The molecule has 0 N–H and O–H groups in total. The summed E-state index contributed by atoms with van der Waals surface area (Å²) in [6.45, 7) is 1.54. The molecule has 0 amide bonds. The standard InChI is InChI=1S/C20H26Br2O2/c21-13-5-1-7-15-23-19-11-12-20(24-16-8-2-6-14-22)18-10-4-3-9-17(18)19/h3-4,9-12H,1-2,5-8,13-16H2. The molecule has 0 heterocycles. The molecule has 132 valence electrons. The lowest BCUT2D eigenvalue weighted by molar-refractivity contribution is 0.303. The van der Waals surface area contributed by atoms with Crippen LogP contribution in [0.3, 0.4) is 0 Å².